The van der Waals surface area contributed by atoms with E-state index in [2.05, 4.69) is 38.2 Å². The number of benzene rings is 1. The quantitative estimate of drug-likeness (QED) is 0.904. The van der Waals surface area contributed by atoms with Crippen LogP contribution >= 0.6 is 0 Å². The average molecular weight is 263 g/mol. The zero-order valence-corrected chi connectivity index (χ0v) is 12.4. The van der Waals surface area contributed by atoms with Crippen molar-refractivity contribution in [2.24, 2.45) is 0 Å². The van der Waals surface area contributed by atoms with Gasteiger partial charge in [0.15, 0.2) is 0 Å². The molecular weight excluding hydrogens is 238 g/mol. The van der Waals surface area contributed by atoms with Crippen LogP contribution in [0.2, 0.25) is 0 Å². The summed E-state index contributed by atoms with van der Waals surface area (Å²) in [5.41, 5.74) is 1.35. The zero-order chi connectivity index (χ0) is 13.9. The summed E-state index contributed by atoms with van der Waals surface area (Å²) in [6.07, 6.45) is 2.32. The van der Waals surface area contributed by atoms with Gasteiger partial charge in [0.1, 0.15) is 5.75 Å². The monoisotopic (exact) mass is 263 g/mol. The van der Waals surface area contributed by atoms with E-state index in [0.29, 0.717) is 6.04 Å². The Labute approximate surface area is 116 Å². The third kappa shape index (κ3) is 2.93. The molecule has 1 aromatic rings. The fourth-order valence-corrected chi connectivity index (χ4v) is 2.83. The largest absolute Gasteiger partial charge is 0.497 e. The van der Waals surface area contributed by atoms with Gasteiger partial charge >= 0.3 is 0 Å². The van der Waals surface area contributed by atoms with E-state index in [1.807, 2.05) is 12.1 Å². The van der Waals surface area contributed by atoms with Gasteiger partial charge in [0, 0.05) is 11.6 Å². The van der Waals surface area contributed by atoms with E-state index in [1.54, 1.807) is 7.11 Å². The van der Waals surface area contributed by atoms with Crippen molar-refractivity contribution in [3.05, 3.63) is 29.8 Å². The van der Waals surface area contributed by atoms with E-state index in [0.717, 1.165) is 25.2 Å². The minimum Gasteiger partial charge on any atom is -0.497 e. The Morgan fingerprint density at radius 1 is 1.26 bits per heavy atom. The lowest BCUT2D eigenvalue weighted by molar-refractivity contribution is -0.0632. The van der Waals surface area contributed by atoms with Crippen molar-refractivity contribution in [1.29, 1.82) is 0 Å². The second kappa shape index (κ2) is 5.93. The Balaban J connectivity index is 2.10. The summed E-state index contributed by atoms with van der Waals surface area (Å²) in [6.45, 7) is 7.43. The van der Waals surface area contributed by atoms with Gasteiger partial charge in [-0.15, -0.1) is 0 Å². The standard InChI is InChI=1S/C16H25NO2/c1-5-16(6-2)11-19-15(12(3)17-16)13-7-9-14(18-4)10-8-13/h7-10,12,15,17H,5-6,11H2,1-4H3. The Kier molecular flexibility index (Phi) is 4.48. The lowest BCUT2D eigenvalue weighted by Crippen LogP contribution is -2.58. The molecule has 0 amide bonds. The third-order valence-corrected chi connectivity index (χ3v) is 4.33. The van der Waals surface area contributed by atoms with Crippen molar-refractivity contribution >= 4 is 0 Å². The van der Waals surface area contributed by atoms with Crippen molar-refractivity contribution < 1.29 is 9.47 Å². The molecule has 106 valence electrons. The molecule has 1 fully saturated rings. The van der Waals surface area contributed by atoms with Gasteiger partial charge in [-0.2, -0.15) is 0 Å². The number of morpholine rings is 1. The molecule has 0 saturated carbocycles. The minimum absolute atomic E-state index is 0.122. The highest BCUT2D eigenvalue weighted by atomic mass is 16.5. The molecule has 0 aromatic heterocycles. The molecule has 3 nitrogen and oxygen atoms in total. The first-order valence-electron chi connectivity index (χ1n) is 7.17. The van der Waals surface area contributed by atoms with Gasteiger partial charge in [-0.05, 0) is 37.5 Å². The van der Waals surface area contributed by atoms with Gasteiger partial charge in [0.2, 0.25) is 0 Å². The van der Waals surface area contributed by atoms with Gasteiger partial charge in [0.25, 0.3) is 0 Å². The second-order valence-electron chi connectivity index (χ2n) is 5.43. The third-order valence-electron chi connectivity index (χ3n) is 4.33. The summed E-state index contributed by atoms with van der Waals surface area (Å²) in [5, 5.41) is 3.75. The summed E-state index contributed by atoms with van der Waals surface area (Å²) >= 11 is 0. The van der Waals surface area contributed by atoms with Crippen molar-refractivity contribution in [3.63, 3.8) is 0 Å². The number of methoxy groups -OCH3 is 1. The normalized spacial score (nSPS) is 26.1. The summed E-state index contributed by atoms with van der Waals surface area (Å²) < 4.78 is 11.3. The maximum atomic E-state index is 6.14. The first kappa shape index (κ1) is 14.4. The van der Waals surface area contributed by atoms with Gasteiger partial charge in [-0.1, -0.05) is 26.0 Å². The number of hydrogen-bond donors (Lipinski definition) is 1. The summed E-state index contributed by atoms with van der Waals surface area (Å²) in [7, 11) is 1.69. The molecule has 2 unspecified atom stereocenters. The van der Waals surface area contributed by atoms with Crippen LogP contribution in [0.5, 0.6) is 5.75 Å². The van der Waals surface area contributed by atoms with Crippen LogP contribution in [0.15, 0.2) is 24.3 Å². The first-order chi connectivity index (χ1) is 9.14. The van der Waals surface area contributed by atoms with Crippen LogP contribution in [0.1, 0.15) is 45.3 Å². The molecule has 1 N–H and O–H groups in total. The van der Waals surface area contributed by atoms with Crippen molar-refractivity contribution in [1.82, 2.24) is 5.32 Å². The average Bonchev–Trinajstić information content (AvgIpc) is 2.47. The van der Waals surface area contributed by atoms with E-state index in [-0.39, 0.29) is 11.6 Å². The van der Waals surface area contributed by atoms with E-state index >= 15 is 0 Å². The molecular formula is C16H25NO2. The SMILES string of the molecule is CCC1(CC)COC(c2ccc(OC)cc2)C(C)N1. The second-order valence-corrected chi connectivity index (χ2v) is 5.43. The van der Waals surface area contributed by atoms with Crippen molar-refractivity contribution in [3.8, 4) is 5.75 Å². The molecule has 1 aliphatic rings. The molecule has 3 heteroatoms. The lowest BCUT2D eigenvalue weighted by atomic mass is 9.88. The predicted octanol–water partition coefficient (Wildman–Crippen LogP) is 3.30. The van der Waals surface area contributed by atoms with E-state index in [9.17, 15) is 0 Å². The van der Waals surface area contributed by atoms with E-state index < -0.39 is 0 Å². The highest BCUT2D eigenvalue weighted by Crippen LogP contribution is 2.32. The number of rotatable bonds is 4. The van der Waals surface area contributed by atoms with Crippen LogP contribution in [0.25, 0.3) is 0 Å². The molecule has 1 saturated heterocycles. The molecule has 0 radical (unpaired) electrons. The summed E-state index contributed by atoms with van der Waals surface area (Å²) in [5.74, 6) is 0.886. The highest BCUT2D eigenvalue weighted by Gasteiger charge is 2.37. The van der Waals surface area contributed by atoms with Crippen LogP contribution in [0.4, 0.5) is 0 Å². The van der Waals surface area contributed by atoms with Crippen molar-refractivity contribution in [2.75, 3.05) is 13.7 Å². The van der Waals surface area contributed by atoms with Crippen LogP contribution in [0.3, 0.4) is 0 Å². The lowest BCUT2D eigenvalue weighted by Gasteiger charge is -2.44. The number of ether oxygens (including phenoxy) is 2. The molecule has 2 rings (SSSR count). The van der Waals surface area contributed by atoms with Crippen LogP contribution in [0, 0.1) is 0 Å². The Morgan fingerprint density at radius 3 is 2.37 bits per heavy atom. The topological polar surface area (TPSA) is 30.5 Å². The smallest absolute Gasteiger partial charge is 0.118 e. The Morgan fingerprint density at radius 2 is 1.89 bits per heavy atom. The molecule has 0 bridgehead atoms. The van der Waals surface area contributed by atoms with Gasteiger partial charge < -0.3 is 14.8 Å². The Bertz CT molecular complexity index is 398. The maximum Gasteiger partial charge on any atom is 0.118 e. The van der Waals surface area contributed by atoms with Gasteiger partial charge in [-0.3, -0.25) is 0 Å². The number of nitrogens with one attached hydrogen (secondary N) is 1. The van der Waals surface area contributed by atoms with Crippen LogP contribution < -0.4 is 10.1 Å². The highest BCUT2D eigenvalue weighted by molar-refractivity contribution is 5.29. The summed E-state index contributed by atoms with van der Waals surface area (Å²) in [6, 6.07) is 8.49. The molecule has 1 aromatic carbocycles. The van der Waals surface area contributed by atoms with Crippen LogP contribution in [-0.4, -0.2) is 25.3 Å². The molecule has 1 heterocycles. The molecule has 0 aliphatic carbocycles. The first-order valence-corrected chi connectivity index (χ1v) is 7.17. The van der Waals surface area contributed by atoms with Gasteiger partial charge in [-0.25, -0.2) is 0 Å². The minimum atomic E-state index is 0.122. The predicted molar refractivity (Wildman–Crippen MR) is 77.6 cm³/mol. The zero-order valence-electron chi connectivity index (χ0n) is 12.4. The number of hydrogen-bond acceptors (Lipinski definition) is 3. The van der Waals surface area contributed by atoms with E-state index in [1.165, 1.54) is 5.56 Å². The molecule has 19 heavy (non-hydrogen) atoms. The van der Waals surface area contributed by atoms with Gasteiger partial charge in [0.05, 0.1) is 19.8 Å². The fourth-order valence-electron chi connectivity index (χ4n) is 2.83. The molecule has 0 spiro atoms. The fraction of sp³-hybridized carbons (Fsp3) is 0.625. The Hall–Kier alpha value is -1.06. The maximum absolute atomic E-state index is 6.14. The van der Waals surface area contributed by atoms with Crippen molar-refractivity contribution in [2.45, 2.75) is 51.3 Å². The molecule has 1 aliphatic heterocycles. The van der Waals surface area contributed by atoms with E-state index in [4.69, 9.17) is 9.47 Å². The summed E-state index contributed by atoms with van der Waals surface area (Å²) in [4.78, 5) is 0. The molecule has 2 atom stereocenters. The van der Waals surface area contributed by atoms with Crippen LogP contribution in [-0.2, 0) is 4.74 Å².